The normalized spacial score (nSPS) is 13.9. The van der Waals surface area contributed by atoms with Crippen molar-refractivity contribution in [1.29, 1.82) is 0 Å². The van der Waals surface area contributed by atoms with Crippen LogP contribution in [0.15, 0.2) is 42.5 Å². The summed E-state index contributed by atoms with van der Waals surface area (Å²) in [5, 5.41) is 20.5. The zero-order valence-corrected chi connectivity index (χ0v) is 21.0. The Labute approximate surface area is 212 Å². The monoisotopic (exact) mass is 513 g/mol. The quantitative estimate of drug-likeness (QED) is 0.242. The number of aromatic nitrogens is 2. The molecule has 0 saturated heterocycles. The molecule has 2 aromatic heterocycles. The molecule has 0 spiro atoms. The Morgan fingerprint density at radius 1 is 1.14 bits per heavy atom. The van der Waals surface area contributed by atoms with Crippen LogP contribution >= 0.6 is 22.9 Å². The lowest BCUT2D eigenvalue weighted by Crippen LogP contribution is -2.11. The highest BCUT2D eigenvalue weighted by atomic mass is 35.5. The van der Waals surface area contributed by atoms with Gasteiger partial charge in [-0.25, -0.2) is 14.8 Å². The van der Waals surface area contributed by atoms with Crippen LogP contribution in [0.25, 0.3) is 20.3 Å². The van der Waals surface area contributed by atoms with Gasteiger partial charge in [-0.3, -0.25) is 0 Å². The standard InChI is InChI=1S/C25H26ClN3OS.CH2O3/c1-2-30-20-13-12-16(14-19(20)26)15-27-24-22-18-10-6-7-11-21(18)31-25(22)29-23(28-24)17-8-4-3-5-9-17;2-1(3)4/h6-7,10-14,17H,2-5,8-9,15H2,1H3,(H,27,28,29);(H2,2,3,4). The third kappa shape index (κ3) is 6.13. The minimum absolute atomic E-state index is 0.462. The summed E-state index contributed by atoms with van der Waals surface area (Å²) in [6.45, 7) is 3.21. The molecular formula is C26H28ClN3O4S. The van der Waals surface area contributed by atoms with Crippen molar-refractivity contribution < 1.29 is 19.7 Å². The minimum Gasteiger partial charge on any atom is -0.492 e. The molecule has 2 aromatic carbocycles. The smallest absolute Gasteiger partial charge is 0.492 e. The Morgan fingerprint density at radius 3 is 2.60 bits per heavy atom. The van der Waals surface area contributed by atoms with E-state index in [9.17, 15) is 0 Å². The summed E-state index contributed by atoms with van der Waals surface area (Å²) < 4.78 is 6.81. The van der Waals surface area contributed by atoms with Gasteiger partial charge in [-0.05, 0) is 43.5 Å². The third-order valence-corrected chi connectivity index (χ3v) is 7.34. The van der Waals surface area contributed by atoms with Gasteiger partial charge in [0.1, 0.15) is 22.2 Å². The number of hydrogen-bond acceptors (Lipinski definition) is 6. The molecule has 4 aromatic rings. The SMILES string of the molecule is CCOc1ccc(CNc2nc(C3CCCCC3)nc3sc4ccccc4c23)cc1Cl.O=C(O)O. The van der Waals surface area contributed by atoms with E-state index in [1.165, 1.54) is 42.2 Å². The molecule has 184 valence electrons. The lowest BCUT2D eigenvalue weighted by molar-refractivity contribution is 0.137. The third-order valence-electron chi connectivity index (χ3n) is 5.98. The summed E-state index contributed by atoms with van der Waals surface area (Å²) >= 11 is 8.15. The maximum Gasteiger partial charge on any atom is 0.503 e. The van der Waals surface area contributed by atoms with Gasteiger partial charge < -0.3 is 20.3 Å². The molecule has 1 aliphatic rings. The number of hydrogen-bond donors (Lipinski definition) is 3. The predicted molar refractivity (Wildman–Crippen MR) is 141 cm³/mol. The van der Waals surface area contributed by atoms with Gasteiger partial charge in [-0.1, -0.05) is 55.1 Å². The highest BCUT2D eigenvalue weighted by Gasteiger charge is 2.22. The van der Waals surface area contributed by atoms with Crippen molar-refractivity contribution in [2.45, 2.75) is 51.5 Å². The lowest BCUT2D eigenvalue weighted by atomic mass is 9.88. The van der Waals surface area contributed by atoms with Gasteiger partial charge in [0, 0.05) is 22.5 Å². The van der Waals surface area contributed by atoms with Crippen molar-refractivity contribution in [3.8, 4) is 5.75 Å². The first kappa shape index (κ1) is 25.0. The summed E-state index contributed by atoms with van der Waals surface area (Å²) in [6, 6.07) is 14.4. The van der Waals surface area contributed by atoms with Crippen molar-refractivity contribution in [2.24, 2.45) is 0 Å². The zero-order valence-electron chi connectivity index (χ0n) is 19.5. The number of carboxylic acid groups (broad SMARTS) is 2. The lowest BCUT2D eigenvalue weighted by Gasteiger charge is -2.21. The number of nitrogens with zero attached hydrogens (tertiary/aromatic N) is 2. The van der Waals surface area contributed by atoms with E-state index < -0.39 is 6.16 Å². The number of fused-ring (bicyclic) bond motifs is 3. The number of ether oxygens (including phenoxy) is 1. The number of benzene rings is 2. The molecule has 0 bridgehead atoms. The number of carbonyl (C=O) groups is 1. The topological polar surface area (TPSA) is 105 Å². The fourth-order valence-corrected chi connectivity index (χ4v) is 5.76. The molecule has 0 unspecified atom stereocenters. The number of rotatable bonds is 6. The van der Waals surface area contributed by atoms with Gasteiger partial charge in [0.15, 0.2) is 0 Å². The number of nitrogens with one attached hydrogen (secondary N) is 1. The van der Waals surface area contributed by atoms with Crippen LogP contribution in [0.3, 0.4) is 0 Å². The van der Waals surface area contributed by atoms with E-state index in [-0.39, 0.29) is 0 Å². The molecule has 1 saturated carbocycles. The van der Waals surface area contributed by atoms with Crippen LogP contribution < -0.4 is 10.1 Å². The molecule has 0 atom stereocenters. The first-order valence-electron chi connectivity index (χ1n) is 11.7. The molecule has 0 amide bonds. The van der Waals surface area contributed by atoms with Crippen LogP contribution in [0, 0.1) is 0 Å². The minimum atomic E-state index is -1.83. The van der Waals surface area contributed by atoms with Crippen LogP contribution in [0.4, 0.5) is 10.6 Å². The van der Waals surface area contributed by atoms with E-state index in [2.05, 4.69) is 35.6 Å². The van der Waals surface area contributed by atoms with Crippen LogP contribution in [0.5, 0.6) is 5.75 Å². The molecule has 1 aliphatic carbocycles. The second-order valence-electron chi connectivity index (χ2n) is 8.38. The second-order valence-corrected chi connectivity index (χ2v) is 9.82. The largest absolute Gasteiger partial charge is 0.503 e. The van der Waals surface area contributed by atoms with Crippen LogP contribution in [0.1, 0.15) is 56.3 Å². The molecule has 0 radical (unpaired) electrons. The van der Waals surface area contributed by atoms with Gasteiger partial charge >= 0.3 is 6.16 Å². The van der Waals surface area contributed by atoms with Crippen LogP contribution in [0.2, 0.25) is 5.02 Å². The molecule has 1 fully saturated rings. The predicted octanol–water partition coefficient (Wildman–Crippen LogP) is 7.78. The first-order chi connectivity index (χ1) is 17.0. The van der Waals surface area contributed by atoms with E-state index in [0.29, 0.717) is 24.1 Å². The Morgan fingerprint density at radius 2 is 1.89 bits per heavy atom. The highest BCUT2D eigenvalue weighted by Crippen LogP contribution is 2.39. The highest BCUT2D eigenvalue weighted by molar-refractivity contribution is 7.25. The number of halogens is 1. The summed E-state index contributed by atoms with van der Waals surface area (Å²) in [5.74, 6) is 3.10. The molecule has 3 N–H and O–H groups in total. The zero-order chi connectivity index (χ0) is 24.8. The number of thiophene rings is 1. The maximum absolute atomic E-state index is 8.56. The van der Waals surface area contributed by atoms with Crippen molar-refractivity contribution >= 4 is 55.2 Å². The Hall–Kier alpha value is -3.10. The van der Waals surface area contributed by atoms with E-state index in [4.69, 9.17) is 41.3 Å². The van der Waals surface area contributed by atoms with E-state index >= 15 is 0 Å². The van der Waals surface area contributed by atoms with Crippen molar-refractivity contribution in [3.05, 3.63) is 58.9 Å². The van der Waals surface area contributed by atoms with Crippen molar-refractivity contribution in [2.75, 3.05) is 11.9 Å². The second kappa shape index (κ2) is 11.6. The van der Waals surface area contributed by atoms with Crippen molar-refractivity contribution in [3.63, 3.8) is 0 Å². The van der Waals surface area contributed by atoms with E-state index in [1.807, 2.05) is 19.1 Å². The maximum atomic E-state index is 8.56. The molecule has 2 heterocycles. The van der Waals surface area contributed by atoms with Crippen LogP contribution in [-0.2, 0) is 6.54 Å². The fourth-order valence-electron chi connectivity index (χ4n) is 4.42. The molecule has 35 heavy (non-hydrogen) atoms. The Balaban J connectivity index is 0.000000672. The Bertz CT molecular complexity index is 1320. The van der Waals surface area contributed by atoms with Gasteiger partial charge in [-0.2, -0.15) is 0 Å². The van der Waals surface area contributed by atoms with Gasteiger partial charge in [0.25, 0.3) is 0 Å². The van der Waals surface area contributed by atoms with Gasteiger partial charge in [0.05, 0.1) is 17.0 Å². The molecule has 5 rings (SSSR count). The molecule has 7 nitrogen and oxygen atoms in total. The average molecular weight is 514 g/mol. The summed E-state index contributed by atoms with van der Waals surface area (Å²) in [7, 11) is 0. The van der Waals surface area contributed by atoms with Crippen LogP contribution in [-0.4, -0.2) is 32.9 Å². The Kier molecular flexibility index (Phi) is 8.25. The van der Waals surface area contributed by atoms with Gasteiger partial charge in [-0.15, -0.1) is 11.3 Å². The summed E-state index contributed by atoms with van der Waals surface area (Å²) in [5.41, 5.74) is 1.10. The molecule has 9 heteroatoms. The summed E-state index contributed by atoms with van der Waals surface area (Å²) in [6.07, 6.45) is 4.40. The van der Waals surface area contributed by atoms with Crippen molar-refractivity contribution in [1.82, 2.24) is 9.97 Å². The molecule has 0 aliphatic heterocycles. The van der Waals surface area contributed by atoms with E-state index in [1.54, 1.807) is 11.3 Å². The average Bonchev–Trinajstić information content (AvgIpc) is 3.23. The fraction of sp³-hybridized carbons (Fsp3) is 0.346. The molecular weight excluding hydrogens is 486 g/mol. The first-order valence-corrected chi connectivity index (χ1v) is 12.9. The summed E-state index contributed by atoms with van der Waals surface area (Å²) in [4.78, 5) is 19.7. The van der Waals surface area contributed by atoms with E-state index in [0.717, 1.165) is 33.2 Å². The number of anilines is 1. The van der Waals surface area contributed by atoms with Gasteiger partial charge in [0.2, 0.25) is 0 Å².